The van der Waals surface area contributed by atoms with Crippen molar-refractivity contribution in [1.29, 1.82) is 10.5 Å². The molecule has 0 aromatic rings. The van der Waals surface area contributed by atoms with E-state index in [-0.39, 0.29) is 25.2 Å². The van der Waals surface area contributed by atoms with Gasteiger partial charge in [0.2, 0.25) is 0 Å². The van der Waals surface area contributed by atoms with Crippen molar-refractivity contribution in [1.82, 2.24) is 0 Å². The Kier molecular flexibility index (Phi) is 5.84. The molecule has 6 heteroatoms. The minimum Gasteiger partial charge on any atom is -0.230 e. The van der Waals surface area contributed by atoms with E-state index in [2.05, 4.69) is 5.92 Å². The molecule has 0 atom stereocenters. The van der Waals surface area contributed by atoms with Crippen molar-refractivity contribution in [3.8, 4) is 24.5 Å². The van der Waals surface area contributed by atoms with E-state index in [1.165, 1.54) is 0 Å². The molecule has 1 aliphatic carbocycles. The van der Waals surface area contributed by atoms with Gasteiger partial charge < -0.3 is 0 Å². The number of hydrogen-bond acceptors (Lipinski definition) is 2. The zero-order chi connectivity index (χ0) is 16.9. The third-order valence-electron chi connectivity index (χ3n) is 4.40. The lowest BCUT2D eigenvalue weighted by Crippen LogP contribution is -2.29. The summed E-state index contributed by atoms with van der Waals surface area (Å²) >= 11 is 0. The molecule has 1 saturated carbocycles. The molecular formula is C16H18F4N2. The fourth-order valence-corrected chi connectivity index (χ4v) is 2.75. The van der Waals surface area contributed by atoms with E-state index in [0.717, 1.165) is 0 Å². The van der Waals surface area contributed by atoms with Gasteiger partial charge >= 0.3 is 6.18 Å². The standard InChI is InChI=1S/C16H18F4N2/c1-2-15(17)7-4-13(5-8-15)3-6-14(11-21,12-22)9-10-16(18,19)20/h1,13H,3-10H2. The van der Waals surface area contributed by atoms with Gasteiger partial charge in [-0.05, 0) is 50.9 Å². The third-order valence-corrected chi connectivity index (χ3v) is 4.40. The highest BCUT2D eigenvalue weighted by molar-refractivity contribution is 5.14. The Bertz CT molecular complexity index is 482. The Balaban J connectivity index is 2.55. The summed E-state index contributed by atoms with van der Waals surface area (Å²) in [6.45, 7) is 0. The molecule has 0 unspecified atom stereocenters. The number of alkyl halides is 4. The van der Waals surface area contributed by atoms with Gasteiger partial charge in [-0.2, -0.15) is 23.7 Å². The lowest BCUT2D eigenvalue weighted by Gasteiger charge is -2.31. The molecule has 22 heavy (non-hydrogen) atoms. The Morgan fingerprint density at radius 3 is 2.00 bits per heavy atom. The van der Waals surface area contributed by atoms with Crippen LogP contribution in [0.1, 0.15) is 51.4 Å². The van der Waals surface area contributed by atoms with E-state index in [4.69, 9.17) is 16.9 Å². The van der Waals surface area contributed by atoms with Gasteiger partial charge in [0, 0.05) is 6.42 Å². The molecule has 0 N–H and O–H groups in total. The summed E-state index contributed by atoms with van der Waals surface area (Å²) in [6.07, 6.45) is 1.12. The van der Waals surface area contributed by atoms with Gasteiger partial charge in [-0.1, -0.05) is 5.92 Å². The maximum absolute atomic E-state index is 13.9. The molecule has 1 rings (SSSR count). The van der Waals surface area contributed by atoms with Gasteiger partial charge in [-0.15, -0.1) is 6.42 Å². The monoisotopic (exact) mass is 314 g/mol. The highest BCUT2D eigenvalue weighted by Gasteiger charge is 2.38. The Hall–Kier alpha value is -1.74. The molecule has 120 valence electrons. The highest BCUT2D eigenvalue weighted by Crippen LogP contribution is 2.40. The quantitative estimate of drug-likeness (QED) is 0.546. The normalized spacial score (nSPS) is 25.8. The van der Waals surface area contributed by atoms with Crippen LogP contribution in [-0.2, 0) is 0 Å². The van der Waals surface area contributed by atoms with Crippen molar-refractivity contribution in [3.05, 3.63) is 0 Å². The average Bonchev–Trinajstić information content (AvgIpc) is 2.49. The minimum absolute atomic E-state index is 0.0795. The Labute approximate surface area is 128 Å². The van der Waals surface area contributed by atoms with E-state index < -0.39 is 30.1 Å². The molecule has 0 spiro atoms. The predicted molar refractivity (Wildman–Crippen MR) is 72.8 cm³/mol. The lowest BCUT2D eigenvalue weighted by atomic mass is 9.74. The topological polar surface area (TPSA) is 47.6 Å². The van der Waals surface area contributed by atoms with Gasteiger partial charge in [0.15, 0.2) is 5.67 Å². The second kappa shape index (κ2) is 7.01. The van der Waals surface area contributed by atoms with Crippen LogP contribution in [0.2, 0.25) is 0 Å². The van der Waals surface area contributed by atoms with Crippen LogP contribution in [0.5, 0.6) is 0 Å². The van der Waals surface area contributed by atoms with Crippen LogP contribution in [0, 0.1) is 46.3 Å². The molecular weight excluding hydrogens is 296 g/mol. The van der Waals surface area contributed by atoms with Gasteiger partial charge in [-0.25, -0.2) is 4.39 Å². The predicted octanol–water partition coefficient (Wildman–Crippen LogP) is 4.67. The molecule has 0 saturated heterocycles. The van der Waals surface area contributed by atoms with E-state index in [1.807, 2.05) is 0 Å². The first-order chi connectivity index (χ1) is 10.2. The van der Waals surface area contributed by atoms with Crippen LogP contribution >= 0.6 is 0 Å². The largest absolute Gasteiger partial charge is 0.389 e. The summed E-state index contributed by atoms with van der Waals surface area (Å²) in [5, 5.41) is 18.2. The fourth-order valence-electron chi connectivity index (χ4n) is 2.75. The van der Waals surface area contributed by atoms with Crippen LogP contribution in [0.4, 0.5) is 17.6 Å². The number of terminal acetylenes is 1. The number of hydrogen-bond donors (Lipinski definition) is 0. The summed E-state index contributed by atoms with van der Waals surface area (Å²) in [7, 11) is 0. The number of nitriles is 2. The van der Waals surface area contributed by atoms with E-state index in [9.17, 15) is 17.6 Å². The van der Waals surface area contributed by atoms with E-state index in [0.29, 0.717) is 19.3 Å². The van der Waals surface area contributed by atoms with Crippen LogP contribution in [0.15, 0.2) is 0 Å². The third kappa shape index (κ3) is 5.23. The number of nitrogens with zero attached hydrogens (tertiary/aromatic N) is 2. The summed E-state index contributed by atoms with van der Waals surface area (Å²) < 4.78 is 50.8. The highest BCUT2D eigenvalue weighted by atomic mass is 19.4. The lowest BCUT2D eigenvalue weighted by molar-refractivity contribution is -0.138. The van der Waals surface area contributed by atoms with Gasteiger partial charge in [-0.3, -0.25) is 0 Å². The van der Waals surface area contributed by atoms with Gasteiger partial charge in [0.25, 0.3) is 0 Å². The first-order valence-corrected chi connectivity index (χ1v) is 7.23. The molecule has 0 radical (unpaired) electrons. The number of rotatable bonds is 5. The molecule has 0 amide bonds. The second-order valence-corrected chi connectivity index (χ2v) is 6.01. The SMILES string of the molecule is C#CC1(F)CCC(CCC(C#N)(C#N)CCC(F)(F)F)CC1. The van der Waals surface area contributed by atoms with Crippen LogP contribution in [0.3, 0.4) is 0 Å². The smallest absolute Gasteiger partial charge is 0.230 e. The van der Waals surface area contributed by atoms with Crippen molar-refractivity contribution >= 4 is 0 Å². The Morgan fingerprint density at radius 1 is 1.05 bits per heavy atom. The van der Waals surface area contributed by atoms with Crippen molar-refractivity contribution in [2.45, 2.75) is 63.2 Å². The summed E-state index contributed by atoms with van der Waals surface area (Å²) in [4.78, 5) is 0. The second-order valence-electron chi connectivity index (χ2n) is 6.01. The van der Waals surface area contributed by atoms with Crippen LogP contribution < -0.4 is 0 Å². The first-order valence-electron chi connectivity index (χ1n) is 7.23. The molecule has 0 aromatic carbocycles. The van der Waals surface area contributed by atoms with Crippen molar-refractivity contribution in [2.75, 3.05) is 0 Å². The van der Waals surface area contributed by atoms with Crippen LogP contribution in [-0.4, -0.2) is 11.8 Å². The van der Waals surface area contributed by atoms with Crippen LogP contribution in [0.25, 0.3) is 0 Å². The van der Waals surface area contributed by atoms with E-state index >= 15 is 0 Å². The van der Waals surface area contributed by atoms with Gasteiger partial charge in [0.05, 0.1) is 12.1 Å². The van der Waals surface area contributed by atoms with Gasteiger partial charge in [0.1, 0.15) is 5.41 Å². The number of halogens is 4. The molecule has 2 nitrogen and oxygen atoms in total. The summed E-state index contributed by atoms with van der Waals surface area (Å²) in [5.41, 5.74) is -3.21. The van der Waals surface area contributed by atoms with Crippen molar-refractivity contribution in [2.24, 2.45) is 11.3 Å². The first kappa shape index (κ1) is 18.3. The molecule has 0 aliphatic heterocycles. The molecule has 0 heterocycles. The maximum Gasteiger partial charge on any atom is 0.389 e. The maximum atomic E-state index is 13.9. The van der Waals surface area contributed by atoms with Crippen molar-refractivity contribution < 1.29 is 17.6 Å². The molecule has 0 bridgehead atoms. The van der Waals surface area contributed by atoms with Crippen molar-refractivity contribution in [3.63, 3.8) is 0 Å². The molecule has 0 aromatic heterocycles. The fraction of sp³-hybridized carbons (Fsp3) is 0.750. The molecule has 1 fully saturated rings. The zero-order valence-electron chi connectivity index (χ0n) is 12.2. The Morgan fingerprint density at radius 2 is 1.59 bits per heavy atom. The van der Waals surface area contributed by atoms with E-state index in [1.54, 1.807) is 12.1 Å². The molecule has 1 aliphatic rings. The minimum atomic E-state index is -4.38. The average molecular weight is 314 g/mol. The summed E-state index contributed by atoms with van der Waals surface area (Å²) in [6, 6.07) is 3.47. The summed E-state index contributed by atoms with van der Waals surface area (Å²) in [5.74, 6) is 2.24. The zero-order valence-corrected chi connectivity index (χ0v) is 12.2.